The summed E-state index contributed by atoms with van der Waals surface area (Å²) < 4.78 is 0. The fraction of sp³-hybridized carbons (Fsp3) is 0.692. The van der Waals surface area contributed by atoms with E-state index in [0.717, 1.165) is 31.1 Å². The lowest BCUT2D eigenvalue weighted by atomic mass is 10.3. The van der Waals surface area contributed by atoms with Crippen molar-refractivity contribution in [2.24, 2.45) is 0 Å². The summed E-state index contributed by atoms with van der Waals surface area (Å²) in [5, 5.41) is 11.8. The van der Waals surface area contributed by atoms with Gasteiger partial charge in [0, 0.05) is 26.1 Å². The first-order valence-corrected chi connectivity index (χ1v) is 7.65. The number of thiazole rings is 1. The molecule has 1 aliphatic rings. The van der Waals surface area contributed by atoms with E-state index in [1.165, 1.54) is 31.0 Å². The van der Waals surface area contributed by atoms with Crippen LogP contribution in [0, 0.1) is 6.92 Å². The monoisotopic (exact) mass is 283 g/mol. The zero-order chi connectivity index (χ0) is 13.8. The largest absolute Gasteiger partial charge is 0.544 e. The Morgan fingerprint density at radius 1 is 1.47 bits per heavy atom. The quantitative estimate of drug-likeness (QED) is 0.720. The highest BCUT2D eigenvalue weighted by molar-refractivity contribution is 7.13. The minimum atomic E-state index is -1.11. The number of nitrogens with zero attached hydrogens (tertiary/aromatic N) is 2. The number of quaternary nitrogens is 1. The molecule has 1 aliphatic heterocycles. The SMILES string of the molecule is CC[NH+]1CCN(CCc2nc(C)c(C(=O)[O-])s2)CC1. The van der Waals surface area contributed by atoms with Gasteiger partial charge in [-0.25, -0.2) is 4.98 Å². The summed E-state index contributed by atoms with van der Waals surface area (Å²) in [4.78, 5) is 19.5. The Labute approximate surface area is 117 Å². The van der Waals surface area contributed by atoms with E-state index >= 15 is 0 Å². The highest BCUT2D eigenvalue weighted by Crippen LogP contribution is 2.17. The summed E-state index contributed by atoms with van der Waals surface area (Å²) in [5.41, 5.74) is 0.584. The van der Waals surface area contributed by atoms with Gasteiger partial charge in [-0.15, -0.1) is 11.3 Å². The van der Waals surface area contributed by atoms with Gasteiger partial charge in [-0.3, -0.25) is 4.90 Å². The molecule has 1 aromatic heterocycles. The van der Waals surface area contributed by atoms with E-state index in [1.54, 1.807) is 11.8 Å². The molecule has 19 heavy (non-hydrogen) atoms. The van der Waals surface area contributed by atoms with Gasteiger partial charge >= 0.3 is 0 Å². The average molecular weight is 283 g/mol. The summed E-state index contributed by atoms with van der Waals surface area (Å²) in [6, 6.07) is 0. The number of carboxylic acid groups (broad SMARTS) is 1. The molecule has 0 atom stereocenters. The number of likely N-dealkylation sites (N-methyl/N-ethyl adjacent to an activating group) is 1. The molecule has 0 spiro atoms. The van der Waals surface area contributed by atoms with Crippen LogP contribution in [0.25, 0.3) is 0 Å². The first-order chi connectivity index (χ1) is 9.10. The van der Waals surface area contributed by atoms with E-state index in [1.807, 2.05) is 0 Å². The smallest absolute Gasteiger partial charge is 0.0947 e. The number of aromatic nitrogens is 1. The highest BCUT2D eigenvalue weighted by Gasteiger charge is 2.18. The molecule has 0 radical (unpaired) electrons. The minimum Gasteiger partial charge on any atom is -0.544 e. The number of nitrogens with one attached hydrogen (secondary N) is 1. The summed E-state index contributed by atoms with van der Waals surface area (Å²) in [5.74, 6) is -1.11. The molecule has 0 aromatic carbocycles. The molecule has 5 nitrogen and oxygen atoms in total. The second kappa shape index (κ2) is 6.45. The van der Waals surface area contributed by atoms with E-state index in [0.29, 0.717) is 5.69 Å². The van der Waals surface area contributed by atoms with Crippen LogP contribution in [0.15, 0.2) is 0 Å². The molecule has 2 rings (SSSR count). The van der Waals surface area contributed by atoms with E-state index < -0.39 is 5.97 Å². The number of carbonyl (C=O) groups is 1. The molecule has 106 valence electrons. The number of aryl methyl sites for hydroxylation is 1. The van der Waals surface area contributed by atoms with Crippen LogP contribution in [0.2, 0.25) is 0 Å². The van der Waals surface area contributed by atoms with Crippen LogP contribution in [0.1, 0.15) is 27.3 Å². The Bertz CT molecular complexity index is 439. The van der Waals surface area contributed by atoms with Crippen LogP contribution in [0.5, 0.6) is 0 Å². The van der Waals surface area contributed by atoms with Crippen LogP contribution >= 0.6 is 11.3 Å². The summed E-state index contributed by atoms with van der Waals surface area (Å²) >= 11 is 1.26. The van der Waals surface area contributed by atoms with Gasteiger partial charge < -0.3 is 14.8 Å². The lowest BCUT2D eigenvalue weighted by molar-refractivity contribution is -0.902. The molecule has 1 fully saturated rings. The van der Waals surface area contributed by atoms with Crippen molar-refractivity contribution in [3.63, 3.8) is 0 Å². The molecule has 1 saturated heterocycles. The molecule has 1 N–H and O–H groups in total. The van der Waals surface area contributed by atoms with E-state index in [9.17, 15) is 9.90 Å². The van der Waals surface area contributed by atoms with Crippen LogP contribution in [-0.2, 0) is 6.42 Å². The third-order valence-corrected chi connectivity index (χ3v) is 4.93. The Morgan fingerprint density at radius 2 is 2.16 bits per heavy atom. The van der Waals surface area contributed by atoms with Crippen LogP contribution < -0.4 is 10.0 Å². The van der Waals surface area contributed by atoms with Crippen molar-refractivity contribution in [2.45, 2.75) is 20.3 Å². The predicted molar refractivity (Wildman–Crippen MR) is 72.6 cm³/mol. The molecular weight excluding hydrogens is 262 g/mol. The molecule has 0 unspecified atom stereocenters. The van der Waals surface area contributed by atoms with Crippen molar-refractivity contribution in [1.29, 1.82) is 0 Å². The maximum absolute atomic E-state index is 10.9. The van der Waals surface area contributed by atoms with Crippen molar-refractivity contribution in [1.82, 2.24) is 9.88 Å². The lowest BCUT2D eigenvalue weighted by Crippen LogP contribution is -3.14. The summed E-state index contributed by atoms with van der Waals surface area (Å²) in [6.07, 6.45) is 0.834. The normalized spacial score (nSPS) is 17.8. The van der Waals surface area contributed by atoms with Crippen molar-refractivity contribution in [3.8, 4) is 0 Å². The number of hydrogen-bond donors (Lipinski definition) is 1. The Kier molecular flexibility index (Phi) is 4.90. The standard InChI is InChI=1S/C13H21N3O2S/c1-3-15-6-8-16(9-7-15)5-4-11-14-10(2)12(19-11)13(17)18/h3-9H2,1-2H3,(H,17,18). The number of carboxylic acids is 1. The lowest BCUT2D eigenvalue weighted by Gasteiger charge is -2.31. The predicted octanol–water partition coefficient (Wildman–Crippen LogP) is -1.42. The molecule has 2 heterocycles. The Morgan fingerprint density at radius 3 is 2.68 bits per heavy atom. The van der Waals surface area contributed by atoms with Crippen molar-refractivity contribution < 1.29 is 14.8 Å². The summed E-state index contributed by atoms with van der Waals surface area (Å²) in [7, 11) is 0. The van der Waals surface area contributed by atoms with Crippen molar-refractivity contribution in [3.05, 3.63) is 15.6 Å². The third kappa shape index (κ3) is 3.75. The maximum atomic E-state index is 10.9. The highest BCUT2D eigenvalue weighted by atomic mass is 32.1. The zero-order valence-electron chi connectivity index (χ0n) is 11.6. The topological polar surface area (TPSA) is 60.7 Å². The van der Waals surface area contributed by atoms with Gasteiger partial charge in [0.1, 0.15) is 0 Å². The van der Waals surface area contributed by atoms with E-state index in [-0.39, 0.29) is 4.88 Å². The Hall–Kier alpha value is -0.980. The van der Waals surface area contributed by atoms with Gasteiger partial charge in [0.25, 0.3) is 0 Å². The molecule has 6 heteroatoms. The van der Waals surface area contributed by atoms with E-state index in [4.69, 9.17) is 0 Å². The summed E-state index contributed by atoms with van der Waals surface area (Å²) in [6.45, 7) is 10.8. The van der Waals surface area contributed by atoms with Gasteiger partial charge in [0.2, 0.25) is 0 Å². The van der Waals surface area contributed by atoms with Gasteiger partial charge in [-0.1, -0.05) is 0 Å². The third-order valence-electron chi connectivity index (χ3n) is 3.73. The first-order valence-electron chi connectivity index (χ1n) is 6.83. The van der Waals surface area contributed by atoms with Gasteiger partial charge in [-0.2, -0.15) is 0 Å². The first kappa shape index (κ1) is 14.4. The number of hydrogen-bond acceptors (Lipinski definition) is 5. The zero-order valence-corrected chi connectivity index (χ0v) is 12.4. The molecule has 0 amide bonds. The number of piperazine rings is 1. The number of rotatable bonds is 5. The van der Waals surface area contributed by atoms with Crippen molar-refractivity contribution in [2.75, 3.05) is 39.3 Å². The molecular formula is C13H21N3O2S. The van der Waals surface area contributed by atoms with Crippen molar-refractivity contribution >= 4 is 17.3 Å². The number of carbonyl (C=O) groups excluding carboxylic acids is 1. The van der Waals surface area contributed by atoms with Crippen LogP contribution in [0.3, 0.4) is 0 Å². The van der Waals surface area contributed by atoms with Gasteiger partial charge in [0.05, 0.1) is 41.2 Å². The number of aromatic carboxylic acids is 1. The fourth-order valence-electron chi connectivity index (χ4n) is 2.45. The molecule has 1 aromatic rings. The fourth-order valence-corrected chi connectivity index (χ4v) is 3.34. The second-order valence-corrected chi connectivity index (χ2v) is 6.09. The minimum absolute atomic E-state index is 0.273. The average Bonchev–Trinajstić information content (AvgIpc) is 2.78. The second-order valence-electron chi connectivity index (χ2n) is 5.00. The molecule has 0 saturated carbocycles. The van der Waals surface area contributed by atoms with Crippen LogP contribution in [-0.4, -0.2) is 55.1 Å². The van der Waals surface area contributed by atoms with Gasteiger partial charge in [-0.05, 0) is 13.8 Å². The van der Waals surface area contributed by atoms with E-state index in [2.05, 4.69) is 16.8 Å². The Balaban J connectivity index is 1.83. The molecule has 0 aliphatic carbocycles. The van der Waals surface area contributed by atoms with Crippen LogP contribution in [0.4, 0.5) is 0 Å². The van der Waals surface area contributed by atoms with Gasteiger partial charge in [0.15, 0.2) is 0 Å². The maximum Gasteiger partial charge on any atom is 0.0947 e. The molecule has 0 bridgehead atoms.